The van der Waals surface area contributed by atoms with Crippen LogP contribution in [0.1, 0.15) is 15.9 Å². The van der Waals surface area contributed by atoms with E-state index in [9.17, 15) is 4.79 Å². The number of hydrogen-bond acceptors (Lipinski definition) is 2. The number of benzene rings is 1. The lowest BCUT2D eigenvalue weighted by Gasteiger charge is -2.02. The molecular formula is C12H10O3. The molecule has 0 amide bonds. The first kappa shape index (κ1) is 9.52. The summed E-state index contributed by atoms with van der Waals surface area (Å²) < 4.78 is 5.22. The summed E-state index contributed by atoms with van der Waals surface area (Å²) >= 11 is 0. The minimum absolute atomic E-state index is 0.279. The van der Waals surface area contributed by atoms with Crippen LogP contribution in [0.15, 0.2) is 41.0 Å². The third-order valence-corrected chi connectivity index (χ3v) is 2.13. The Hall–Kier alpha value is -2.03. The van der Waals surface area contributed by atoms with Crippen molar-refractivity contribution in [2.45, 2.75) is 6.92 Å². The number of carboxylic acids is 1. The number of aromatic carboxylic acids is 1. The molecule has 0 aliphatic rings. The van der Waals surface area contributed by atoms with E-state index in [1.807, 2.05) is 13.0 Å². The predicted octanol–water partition coefficient (Wildman–Crippen LogP) is 2.95. The second-order valence-electron chi connectivity index (χ2n) is 3.37. The van der Waals surface area contributed by atoms with Gasteiger partial charge in [-0.3, -0.25) is 0 Å². The highest BCUT2D eigenvalue weighted by Crippen LogP contribution is 2.22. The molecule has 1 aromatic carbocycles. The summed E-state index contributed by atoms with van der Waals surface area (Å²) in [7, 11) is 0. The average Bonchev–Trinajstić information content (AvgIpc) is 2.69. The van der Waals surface area contributed by atoms with Crippen LogP contribution in [-0.4, -0.2) is 11.1 Å². The maximum absolute atomic E-state index is 10.8. The van der Waals surface area contributed by atoms with E-state index in [0.29, 0.717) is 5.76 Å². The standard InChI is InChI=1S/C12H10O3/c1-8-5-9(11-3-2-4-15-11)7-10(6-8)12(13)14/h2-7H,1H3,(H,13,14). The fourth-order valence-electron chi connectivity index (χ4n) is 1.49. The van der Waals surface area contributed by atoms with Crippen LogP contribution in [0.4, 0.5) is 0 Å². The fourth-order valence-corrected chi connectivity index (χ4v) is 1.49. The Kier molecular flexibility index (Phi) is 2.29. The van der Waals surface area contributed by atoms with E-state index in [4.69, 9.17) is 9.52 Å². The molecule has 0 fully saturated rings. The first-order valence-electron chi connectivity index (χ1n) is 4.55. The van der Waals surface area contributed by atoms with Crippen LogP contribution >= 0.6 is 0 Å². The zero-order valence-corrected chi connectivity index (χ0v) is 8.23. The van der Waals surface area contributed by atoms with Crippen LogP contribution in [0.3, 0.4) is 0 Å². The molecule has 2 aromatic rings. The van der Waals surface area contributed by atoms with Crippen LogP contribution in [0.25, 0.3) is 11.3 Å². The van der Waals surface area contributed by atoms with Crippen LogP contribution < -0.4 is 0 Å². The van der Waals surface area contributed by atoms with Crippen molar-refractivity contribution in [2.24, 2.45) is 0 Å². The summed E-state index contributed by atoms with van der Waals surface area (Å²) in [6, 6.07) is 8.72. The summed E-state index contributed by atoms with van der Waals surface area (Å²) in [5.41, 5.74) is 1.97. The smallest absolute Gasteiger partial charge is 0.335 e. The van der Waals surface area contributed by atoms with E-state index in [1.165, 1.54) is 0 Å². The number of hydrogen-bond donors (Lipinski definition) is 1. The molecule has 0 bridgehead atoms. The van der Waals surface area contributed by atoms with Gasteiger partial charge in [-0.25, -0.2) is 4.79 Å². The summed E-state index contributed by atoms with van der Waals surface area (Å²) in [5, 5.41) is 8.90. The minimum atomic E-state index is -0.925. The van der Waals surface area contributed by atoms with Gasteiger partial charge >= 0.3 is 5.97 Å². The molecule has 3 heteroatoms. The molecule has 0 saturated heterocycles. The van der Waals surface area contributed by atoms with E-state index < -0.39 is 5.97 Å². The van der Waals surface area contributed by atoms with Crippen LogP contribution in [0, 0.1) is 6.92 Å². The highest BCUT2D eigenvalue weighted by molar-refractivity contribution is 5.89. The first-order valence-corrected chi connectivity index (χ1v) is 4.55. The quantitative estimate of drug-likeness (QED) is 0.814. The van der Waals surface area contributed by atoms with E-state index in [1.54, 1.807) is 30.5 Å². The molecule has 0 saturated carbocycles. The van der Waals surface area contributed by atoms with Gasteiger partial charge in [0, 0.05) is 5.56 Å². The second-order valence-corrected chi connectivity index (χ2v) is 3.37. The largest absolute Gasteiger partial charge is 0.478 e. The van der Waals surface area contributed by atoms with E-state index in [2.05, 4.69) is 0 Å². The normalized spacial score (nSPS) is 10.2. The van der Waals surface area contributed by atoms with Crippen molar-refractivity contribution in [3.8, 4) is 11.3 Å². The summed E-state index contributed by atoms with van der Waals surface area (Å²) in [5.74, 6) is -0.243. The van der Waals surface area contributed by atoms with Gasteiger partial charge in [-0.05, 0) is 42.8 Å². The first-order chi connectivity index (χ1) is 7.16. The number of carboxylic acid groups (broad SMARTS) is 1. The molecule has 15 heavy (non-hydrogen) atoms. The summed E-state index contributed by atoms with van der Waals surface area (Å²) in [4.78, 5) is 10.8. The Balaban J connectivity index is 2.54. The molecular weight excluding hydrogens is 192 g/mol. The highest BCUT2D eigenvalue weighted by Gasteiger charge is 2.07. The lowest BCUT2D eigenvalue weighted by Crippen LogP contribution is -1.96. The highest BCUT2D eigenvalue weighted by atomic mass is 16.4. The molecule has 3 nitrogen and oxygen atoms in total. The molecule has 1 aromatic heterocycles. The molecule has 76 valence electrons. The zero-order valence-electron chi connectivity index (χ0n) is 8.23. The van der Waals surface area contributed by atoms with Crippen molar-refractivity contribution in [1.82, 2.24) is 0 Å². The van der Waals surface area contributed by atoms with Gasteiger partial charge in [-0.15, -0.1) is 0 Å². The fraction of sp³-hybridized carbons (Fsp3) is 0.0833. The Morgan fingerprint density at radius 1 is 1.33 bits per heavy atom. The SMILES string of the molecule is Cc1cc(C(=O)O)cc(-c2ccco2)c1. The molecule has 0 atom stereocenters. The van der Waals surface area contributed by atoms with Gasteiger partial charge in [-0.2, -0.15) is 0 Å². The van der Waals surface area contributed by atoms with Crippen LogP contribution in [0.5, 0.6) is 0 Å². The van der Waals surface area contributed by atoms with Crippen molar-refractivity contribution in [1.29, 1.82) is 0 Å². The molecule has 0 aliphatic carbocycles. The molecule has 0 spiro atoms. The van der Waals surface area contributed by atoms with Crippen molar-refractivity contribution in [3.05, 3.63) is 47.7 Å². The molecule has 0 unspecified atom stereocenters. The predicted molar refractivity (Wildman–Crippen MR) is 55.8 cm³/mol. The Labute approximate surface area is 87.0 Å². The van der Waals surface area contributed by atoms with Crippen molar-refractivity contribution in [2.75, 3.05) is 0 Å². The number of furan rings is 1. The van der Waals surface area contributed by atoms with Crippen LogP contribution in [-0.2, 0) is 0 Å². The number of rotatable bonds is 2. The Morgan fingerprint density at radius 2 is 2.13 bits per heavy atom. The van der Waals surface area contributed by atoms with Gasteiger partial charge in [0.1, 0.15) is 5.76 Å². The number of carbonyl (C=O) groups is 1. The van der Waals surface area contributed by atoms with Crippen molar-refractivity contribution in [3.63, 3.8) is 0 Å². The molecule has 1 N–H and O–H groups in total. The van der Waals surface area contributed by atoms with Gasteiger partial charge in [0.05, 0.1) is 11.8 Å². The Bertz CT molecular complexity index is 484. The van der Waals surface area contributed by atoms with Gasteiger partial charge < -0.3 is 9.52 Å². The van der Waals surface area contributed by atoms with E-state index in [-0.39, 0.29) is 5.56 Å². The van der Waals surface area contributed by atoms with Gasteiger partial charge in [-0.1, -0.05) is 0 Å². The molecule has 0 aliphatic heterocycles. The van der Waals surface area contributed by atoms with Gasteiger partial charge in [0.25, 0.3) is 0 Å². The lowest BCUT2D eigenvalue weighted by molar-refractivity contribution is 0.0697. The zero-order chi connectivity index (χ0) is 10.8. The third-order valence-electron chi connectivity index (χ3n) is 2.13. The van der Waals surface area contributed by atoms with Gasteiger partial charge in [0.15, 0.2) is 0 Å². The van der Waals surface area contributed by atoms with Crippen molar-refractivity contribution < 1.29 is 14.3 Å². The minimum Gasteiger partial charge on any atom is -0.478 e. The monoisotopic (exact) mass is 202 g/mol. The lowest BCUT2D eigenvalue weighted by atomic mass is 10.1. The summed E-state index contributed by atoms with van der Waals surface area (Å²) in [6.45, 7) is 1.86. The van der Waals surface area contributed by atoms with E-state index >= 15 is 0 Å². The maximum atomic E-state index is 10.8. The van der Waals surface area contributed by atoms with Gasteiger partial charge in [0.2, 0.25) is 0 Å². The Morgan fingerprint density at radius 3 is 2.73 bits per heavy atom. The maximum Gasteiger partial charge on any atom is 0.335 e. The molecule has 0 radical (unpaired) electrons. The molecule has 2 rings (SSSR count). The number of aryl methyl sites for hydroxylation is 1. The van der Waals surface area contributed by atoms with Crippen molar-refractivity contribution >= 4 is 5.97 Å². The average molecular weight is 202 g/mol. The topological polar surface area (TPSA) is 50.4 Å². The summed E-state index contributed by atoms with van der Waals surface area (Å²) in [6.07, 6.45) is 1.57. The third kappa shape index (κ3) is 1.91. The van der Waals surface area contributed by atoms with E-state index in [0.717, 1.165) is 11.1 Å². The second kappa shape index (κ2) is 3.61. The molecule has 1 heterocycles. The van der Waals surface area contributed by atoms with Crippen LogP contribution in [0.2, 0.25) is 0 Å².